The van der Waals surface area contributed by atoms with Gasteiger partial charge in [0, 0.05) is 17.8 Å². The van der Waals surface area contributed by atoms with Crippen molar-refractivity contribution in [2.24, 2.45) is 0 Å². The second-order valence-corrected chi connectivity index (χ2v) is 7.55. The maximum Gasteiger partial charge on any atom is 0.340 e. The van der Waals surface area contributed by atoms with Crippen molar-refractivity contribution in [2.45, 2.75) is 18.2 Å². The molecule has 27 heavy (non-hydrogen) atoms. The second kappa shape index (κ2) is 7.59. The van der Waals surface area contributed by atoms with Crippen LogP contribution in [-0.4, -0.2) is 24.5 Å². The summed E-state index contributed by atoms with van der Waals surface area (Å²) < 4.78 is 29.6. The van der Waals surface area contributed by atoms with Crippen molar-refractivity contribution in [3.8, 4) is 17.0 Å². The molecule has 138 valence electrons. The molecule has 1 heterocycles. The van der Waals surface area contributed by atoms with E-state index in [0.29, 0.717) is 5.56 Å². The van der Waals surface area contributed by atoms with Crippen LogP contribution in [-0.2, 0) is 21.3 Å². The van der Waals surface area contributed by atoms with Gasteiger partial charge >= 0.3 is 16.1 Å². The molecule has 0 saturated heterocycles. The van der Waals surface area contributed by atoms with Gasteiger partial charge in [0.15, 0.2) is 0 Å². The molecule has 0 saturated carbocycles. The van der Waals surface area contributed by atoms with Gasteiger partial charge < -0.3 is 9.29 Å². The maximum atomic E-state index is 12.3. The van der Waals surface area contributed by atoms with Crippen molar-refractivity contribution in [1.82, 2.24) is 4.98 Å². The third kappa shape index (κ3) is 4.71. The minimum absolute atomic E-state index is 0.0261. The summed E-state index contributed by atoms with van der Waals surface area (Å²) in [5.41, 5.74) is 3.25. The third-order valence-corrected chi connectivity index (χ3v) is 5.12. The van der Waals surface area contributed by atoms with E-state index in [2.05, 4.69) is 4.98 Å². The first-order chi connectivity index (χ1) is 12.8. The standard InChI is InChI=1S/C20H17NO5S/c1-14-2-9-18(10-3-14)27(24,25)26-19-11-8-17(13-21-19)16-6-4-15(5-7-16)12-20(22)23/h2-11,13H,12H2,1H3,(H,22,23). The molecule has 1 aromatic heterocycles. The van der Waals surface area contributed by atoms with Gasteiger partial charge in [-0.2, -0.15) is 8.42 Å². The van der Waals surface area contributed by atoms with Crippen LogP contribution in [0.4, 0.5) is 0 Å². The molecule has 0 aliphatic rings. The zero-order chi connectivity index (χ0) is 19.4. The van der Waals surface area contributed by atoms with E-state index in [1.807, 2.05) is 6.92 Å². The van der Waals surface area contributed by atoms with Gasteiger partial charge in [-0.15, -0.1) is 0 Å². The van der Waals surface area contributed by atoms with Gasteiger partial charge in [-0.05, 0) is 36.2 Å². The monoisotopic (exact) mass is 383 g/mol. The quantitative estimate of drug-likeness (QED) is 0.655. The van der Waals surface area contributed by atoms with E-state index in [4.69, 9.17) is 9.29 Å². The molecule has 3 rings (SSSR count). The zero-order valence-corrected chi connectivity index (χ0v) is 15.3. The normalized spacial score (nSPS) is 11.1. The van der Waals surface area contributed by atoms with Crippen LogP contribution < -0.4 is 4.18 Å². The summed E-state index contributed by atoms with van der Waals surface area (Å²) in [6.07, 6.45) is 1.47. The van der Waals surface area contributed by atoms with Gasteiger partial charge in [-0.1, -0.05) is 42.0 Å². The van der Waals surface area contributed by atoms with Crippen LogP contribution in [0.5, 0.6) is 5.88 Å². The Bertz CT molecular complexity index is 1040. The van der Waals surface area contributed by atoms with E-state index in [9.17, 15) is 13.2 Å². The average molecular weight is 383 g/mol. The summed E-state index contributed by atoms with van der Waals surface area (Å²) in [6.45, 7) is 1.87. The number of aryl methyl sites for hydroxylation is 1. The first-order valence-corrected chi connectivity index (χ1v) is 9.53. The number of hydrogen-bond donors (Lipinski definition) is 1. The summed E-state index contributed by atoms with van der Waals surface area (Å²) in [5, 5.41) is 8.80. The van der Waals surface area contributed by atoms with Crippen molar-refractivity contribution >= 4 is 16.1 Å². The highest BCUT2D eigenvalue weighted by Crippen LogP contribution is 2.23. The molecule has 6 nitrogen and oxygen atoms in total. The minimum atomic E-state index is -3.94. The number of carboxylic acid groups (broad SMARTS) is 1. The summed E-state index contributed by atoms with van der Waals surface area (Å²) in [6, 6.07) is 16.6. The van der Waals surface area contributed by atoms with Gasteiger partial charge in [0.1, 0.15) is 4.90 Å². The van der Waals surface area contributed by atoms with Gasteiger partial charge in [-0.3, -0.25) is 4.79 Å². The molecule has 0 unspecified atom stereocenters. The Balaban J connectivity index is 1.75. The summed E-state index contributed by atoms with van der Waals surface area (Å²) in [7, 11) is -3.94. The Kier molecular flexibility index (Phi) is 5.23. The smallest absolute Gasteiger partial charge is 0.340 e. The number of hydrogen-bond acceptors (Lipinski definition) is 5. The van der Waals surface area contributed by atoms with Crippen LogP contribution >= 0.6 is 0 Å². The van der Waals surface area contributed by atoms with E-state index >= 15 is 0 Å². The number of pyridine rings is 1. The Labute approximate surface area is 157 Å². The van der Waals surface area contributed by atoms with Crippen molar-refractivity contribution in [2.75, 3.05) is 0 Å². The van der Waals surface area contributed by atoms with Gasteiger partial charge in [-0.25, -0.2) is 4.98 Å². The molecule has 0 radical (unpaired) electrons. The Morgan fingerprint density at radius 3 is 2.15 bits per heavy atom. The fraction of sp³-hybridized carbons (Fsp3) is 0.100. The molecule has 2 aromatic carbocycles. The third-order valence-electron chi connectivity index (χ3n) is 3.88. The van der Waals surface area contributed by atoms with E-state index in [-0.39, 0.29) is 17.2 Å². The molecule has 0 fully saturated rings. The number of carbonyl (C=O) groups is 1. The fourth-order valence-electron chi connectivity index (χ4n) is 2.46. The number of benzene rings is 2. The largest absolute Gasteiger partial charge is 0.481 e. The van der Waals surface area contributed by atoms with Crippen LogP contribution in [0.3, 0.4) is 0 Å². The van der Waals surface area contributed by atoms with Crippen molar-refractivity contribution in [3.63, 3.8) is 0 Å². The number of nitrogens with zero attached hydrogens (tertiary/aromatic N) is 1. The first-order valence-electron chi connectivity index (χ1n) is 8.12. The van der Waals surface area contributed by atoms with Gasteiger partial charge in [0.05, 0.1) is 6.42 Å². The Morgan fingerprint density at radius 2 is 1.59 bits per heavy atom. The fourth-order valence-corrected chi connectivity index (χ4v) is 3.34. The summed E-state index contributed by atoms with van der Waals surface area (Å²) in [4.78, 5) is 14.8. The highest BCUT2D eigenvalue weighted by Gasteiger charge is 2.17. The first kappa shape index (κ1) is 18.6. The SMILES string of the molecule is Cc1ccc(S(=O)(=O)Oc2ccc(-c3ccc(CC(=O)O)cc3)cn2)cc1. The topological polar surface area (TPSA) is 93.6 Å². The van der Waals surface area contributed by atoms with Crippen molar-refractivity contribution in [3.05, 3.63) is 78.0 Å². The van der Waals surface area contributed by atoms with E-state index in [0.717, 1.165) is 16.7 Å². The molecule has 0 amide bonds. The minimum Gasteiger partial charge on any atom is -0.481 e. The molecule has 0 atom stereocenters. The van der Waals surface area contributed by atoms with Gasteiger partial charge in [0.2, 0.25) is 5.88 Å². The maximum absolute atomic E-state index is 12.3. The number of aliphatic carboxylic acids is 1. The lowest BCUT2D eigenvalue weighted by atomic mass is 10.0. The van der Waals surface area contributed by atoms with Crippen LogP contribution in [0, 0.1) is 6.92 Å². The predicted octanol–water partition coefficient (Wildman–Crippen LogP) is 3.45. The van der Waals surface area contributed by atoms with Crippen LogP contribution in [0.15, 0.2) is 71.8 Å². The van der Waals surface area contributed by atoms with Crippen LogP contribution in [0.1, 0.15) is 11.1 Å². The lowest BCUT2D eigenvalue weighted by molar-refractivity contribution is -0.136. The Hall–Kier alpha value is -3.19. The lowest BCUT2D eigenvalue weighted by Gasteiger charge is -2.08. The molecule has 3 aromatic rings. The number of carboxylic acids is 1. The zero-order valence-electron chi connectivity index (χ0n) is 14.5. The van der Waals surface area contributed by atoms with Crippen molar-refractivity contribution in [1.29, 1.82) is 0 Å². The molecule has 0 aliphatic carbocycles. The summed E-state index contributed by atoms with van der Waals surface area (Å²) >= 11 is 0. The average Bonchev–Trinajstić information content (AvgIpc) is 2.63. The van der Waals surface area contributed by atoms with Crippen molar-refractivity contribution < 1.29 is 22.5 Å². The molecule has 1 N–H and O–H groups in total. The van der Waals surface area contributed by atoms with Crippen LogP contribution in [0.2, 0.25) is 0 Å². The number of aromatic nitrogens is 1. The highest BCUT2D eigenvalue weighted by molar-refractivity contribution is 7.87. The molecule has 0 aliphatic heterocycles. The molecular formula is C20H17NO5S. The van der Waals surface area contributed by atoms with E-state index in [1.165, 1.54) is 24.4 Å². The highest BCUT2D eigenvalue weighted by atomic mass is 32.2. The second-order valence-electron chi connectivity index (χ2n) is 6.00. The molecular weight excluding hydrogens is 366 g/mol. The van der Waals surface area contributed by atoms with E-state index in [1.54, 1.807) is 42.5 Å². The lowest BCUT2D eigenvalue weighted by Crippen LogP contribution is -2.10. The molecule has 0 spiro atoms. The summed E-state index contributed by atoms with van der Waals surface area (Å²) in [5.74, 6) is -0.914. The Morgan fingerprint density at radius 1 is 0.963 bits per heavy atom. The molecule has 7 heteroatoms. The molecule has 0 bridgehead atoms. The van der Waals surface area contributed by atoms with E-state index < -0.39 is 16.1 Å². The number of rotatable bonds is 6. The van der Waals surface area contributed by atoms with Crippen LogP contribution in [0.25, 0.3) is 11.1 Å². The van der Waals surface area contributed by atoms with Gasteiger partial charge in [0.25, 0.3) is 0 Å². The predicted molar refractivity (Wildman–Crippen MR) is 100 cm³/mol.